The third-order valence-corrected chi connectivity index (χ3v) is 4.22. The molecule has 3 atom stereocenters. The van der Waals surface area contributed by atoms with Gasteiger partial charge in [0.05, 0.1) is 23.6 Å². The standard InChI is InChI=1S/C14H19BrO2/c1-3-16-12-7-5-11(6-8-12)14(15)13-9-4-10(2)17-13/h5-8,10,13-14H,3-4,9H2,1-2H3. The smallest absolute Gasteiger partial charge is 0.119 e. The average molecular weight is 299 g/mol. The van der Waals surface area contributed by atoms with Crippen LogP contribution >= 0.6 is 15.9 Å². The van der Waals surface area contributed by atoms with E-state index >= 15 is 0 Å². The van der Waals surface area contributed by atoms with E-state index in [0.29, 0.717) is 18.8 Å². The summed E-state index contributed by atoms with van der Waals surface area (Å²) in [6, 6.07) is 8.25. The van der Waals surface area contributed by atoms with Crippen molar-refractivity contribution in [3.05, 3.63) is 29.8 Å². The van der Waals surface area contributed by atoms with Gasteiger partial charge in [-0.15, -0.1) is 0 Å². The molecule has 1 fully saturated rings. The number of halogens is 1. The molecule has 1 aliphatic heterocycles. The van der Waals surface area contributed by atoms with Crippen LogP contribution in [0.25, 0.3) is 0 Å². The third kappa shape index (κ3) is 3.23. The van der Waals surface area contributed by atoms with E-state index in [4.69, 9.17) is 9.47 Å². The van der Waals surface area contributed by atoms with Gasteiger partial charge in [-0.05, 0) is 44.4 Å². The van der Waals surface area contributed by atoms with Gasteiger partial charge in [-0.1, -0.05) is 28.1 Å². The van der Waals surface area contributed by atoms with E-state index in [2.05, 4.69) is 35.0 Å². The summed E-state index contributed by atoms with van der Waals surface area (Å²) in [7, 11) is 0. The number of benzene rings is 1. The first kappa shape index (κ1) is 12.9. The van der Waals surface area contributed by atoms with Crippen molar-refractivity contribution < 1.29 is 9.47 Å². The number of rotatable bonds is 4. The van der Waals surface area contributed by atoms with Gasteiger partial charge < -0.3 is 9.47 Å². The van der Waals surface area contributed by atoms with Crippen molar-refractivity contribution >= 4 is 15.9 Å². The number of hydrogen-bond acceptors (Lipinski definition) is 2. The van der Waals surface area contributed by atoms with Crippen molar-refractivity contribution in [3.8, 4) is 5.75 Å². The molecular weight excluding hydrogens is 280 g/mol. The van der Waals surface area contributed by atoms with Crippen LogP contribution in [0.3, 0.4) is 0 Å². The van der Waals surface area contributed by atoms with E-state index in [9.17, 15) is 0 Å². The van der Waals surface area contributed by atoms with Crippen LogP contribution in [-0.2, 0) is 4.74 Å². The quantitative estimate of drug-likeness (QED) is 0.780. The zero-order chi connectivity index (χ0) is 12.3. The predicted molar refractivity (Wildman–Crippen MR) is 72.8 cm³/mol. The number of hydrogen-bond donors (Lipinski definition) is 0. The maximum atomic E-state index is 5.88. The highest BCUT2D eigenvalue weighted by Gasteiger charge is 2.28. The summed E-state index contributed by atoms with van der Waals surface area (Å²) >= 11 is 3.74. The molecule has 0 saturated carbocycles. The van der Waals surface area contributed by atoms with Gasteiger partial charge in [-0.25, -0.2) is 0 Å². The summed E-state index contributed by atoms with van der Waals surface area (Å²) < 4.78 is 11.3. The molecule has 1 aromatic rings. The second-order valence-electron chi connectivity index (χ2n) is 4.47. The molecule has 0 aromatic heterocycles. The summed E-state index contributed by atoms with van der Waals surface area (Å²) in [5.74, 6) is 0.927. The largest absolute Gasteiger partial charge is 0.494 e. The molecule has 3 unspecified atom stereocenters. The Morgan fingerprint density at radius 1 is 1.35 bits per heavy atom. The van der Waals surface area contributed by atoms with Gasteiger partial charge >= 0.3 is 0 Å². The van der Waals surface area contributed by atoms with Crippen LogP contribution in [0.1, 0.15) is 37.1 Å². The Bertz CT molecular complexity index is 350. The highest BCUT2D eigenvalue weighted by Crippen LogP contribution is 2.36. The minimum Gasteiger partial charge on any atom is -0.494 e. The second kappa shape index (κ2) is 5.87. The lowest BCUT2D eigenvalue weighted by Crippen LogP contribution is -2.14. The van der Waals surface area contributed by atoms with Crippen molar-refractivity contribution in [2.45, 2.75) is 43.7 Å². The maximum absolute atomic E-state index is 5.88. The number of alkyl halides is 1. The summed E-state index contributed by atoms with van der Waals surface area (Å²) in [5, 5.41) is 0. The summed E-state index contributed by atoms with van der Waals surface area (Å²) in [5.41, 5.74) is 1.26. The molecular formula is C14H19BrO2. The molecule has 1 heterocycles. The highest BCUT2D eigenvalue weighted by atomic mass is 79.9. The van der Waals surface area contributed by atoms with Crippen LogP contribution in [0.2, 0.25) is 0 Å². The van der Waals surface area contributed by atoms with Gasteiger partial charge in [0.1, 0.15) is 5.75 Å². The van der Waals surface area contributed by atoms with Gasteiger partial charge in [-0.3, -0.25) is 0 Å². The molecule has 17 heavy (non-hydrogen) atoms. The van der Waals surface area contributed by atoms with Crippen molar-refractivity contribution in [1.82, 2.24) is 0 Å². The molecule has 0 aliphatic carbocycles. The molecule has 1 aliphatic rings. The van der Waals surface area contributed by atoms with E-state index in [1.54, 1.807) is 0 Å². The molecule has 0 bridgehead atoms. The lowest BCUT2D eigenvalue weighted by Gasteiger charge is -2.18. The van der Waals surface area contributed by atoms with E-state index in [1.165, 1.54) is 5.56 Å². The van der Waals surface area contributed by atoms with Crippen LogP contribution in [0.4, 0.5) is 0 Å². The second-order valence-corrected chi connectivity index (χ2v) is 5.45. The van der Waals surface area contributed by atoms with Gasteiger partial charge in [0, 0.05) is 0 Å². The van der Waals surface area contributed by atoms with Gasteiger partial charge in [0.2, 0.25) is 0 Å². The zero-order valence-corrected chi connectivity index (χ0v) is 11.9. The monoisotopic (exact) mass is 298 g/mol. The van der Waals surface area contributed by atoms with Crippen molar-refractivity contribution in [2.24, 2.45) is 0 Å². The number of ether oxygens (including phenoxy) is 2. The highest BCUT2D eigenvalue weighted by molar-refractivity contribution is 9.09. The molecule has 0 spiro atoms. The van der Waals surface area contributed by atoms with Crippen molar-refractivity contribution in [3.63, 3.8) is 0 Å². The lowest BCUT2D eigenvalue weighted by molar-refractivity contribution is 0.0557. The van der Waals surface area contributed by atoms with Crippen molar-refractivity contribution in [1.29, 1.82) is 0 Å². The van der Waals surface area contributed by atoms with Crippen LogP contribution < -0.4 is 4.74 Å². The Labute approximate surface area is 111 Å². The summed E-state index contributed by atoms with van der Waals surface area (Å²) in [6.45, 7) is 4.84. The first-order valence-corrected chi connectivity index (χ1v) is 7.14. The van der Waals surface area contributed by atoms with E-state index < -0.39 is 0 Å². The fourth-order valence-corrected chi connectivity index (χ4v) is 2.87. The molecule has 2 nitrogen and oxygen atoms in total. The van der Waals surface area contributed by atoms with Gasteiger partial charge in [-0.2, -0.15) is 0 Å². The van der Waals surface area contributed by atoms with E-state index in [0.717, 1.165) is 18.6 Å². The topological polar surface area (TPSA) is 18.5 Å². The van der Waals surface area contributed by atoms with Crippen LogP contribution in [0, 0.1) is 0 Å². The van der Waals surface area contributed by atoms with Gasteiger partial charge in [0.25, 0.3) is 0 Å². The minimum absolute atomic E-state index is 0.281. The van der Waals surface area contributed by atoms with E-state index in [1.807, 2.05) is 19.1 Å². The summed E-state index contributed by atoms with van der Waals surface area (Å²) in [4.78, 5) is 0.281. The fraction of sp³-hybridized carbons (Fsp3) is 0.571. The molecule has 94 valence electrons. The first-order valence-electron chi connectivity index (χ1n) is 6.23. The lowest BCUT2D eigenvalue weighted by atomic mass is 10.1. The average Bonchev–Trinajstić information content (AvgIpc) is 2.76. The van der Waals surface area contributed by atoms with Crippen molar-refractivity contribution in [2.75, 3.05) is 6.61 Å². The normalized spacial score (nSPS) is 25.8. The van der Waals surface area contributed by atoms with Crippen LogP contribution in [0.5, 0.6) is 5.75 Å². The Balaban J connectivity index is 2.01. The first-order chi connectivity index (χ1) is 8.20. The zero-order valence-electron chi connectivity index (χ0n) is 10.4. The fourth-order valence-electron chi connectivity index (χ4n) is 2.18. The molecule has 0 N–H and O–H groups in total. The Morgan fingerprint density at radius 3 is 2.59 bits per heavy atom. The van der Waals surface area contributed by atoms with Gasteiger partial charge in [0.15, 0.2) is 0 Å². The third-order valence-electron chi connectivity index (χ3n) is 3.10. The van der Waals surface area contributed by atoms with Crippen LogP contribution in [-0.4, -0.2) is 18.8 Å². The molecule has 3 heteroatoms. The molecule has 1 saturated heterocycles. The minimum atomic E-state index is 0.281. The SMILES string of the molecule is CCOc1ccc(C(Br)C2CCC(C)O2)cc1. The predicted octanol–water partition coefficient (Wildman–Crippen LogP) is 4.09. The molecule has 0 amide bonds. The van der Waals surface area contributed by atoms with E-state index in [-0.39, 0.29) is 4.83 Å². The Morgan fingerprint density at radius 2 is 2.06 bits per heavy atom. The Kier molecular flexibility index (Phi) is 4.46. The molecule has 2 rings (SSSR count). The maximum Gasteiger partial charge on any atom is 0.119 e. The Hall–Kier alpha value is -0.540. The molecule has 0 radical (unpaired) electrons. The molecule has 1 aromatic carbocycles. The summed E-state index contributed by atoms with van der Waals surface area (Å²) in [6.07, 6.45) is 2.97. The van der Waals surface area contributed by atoms with Crippen LogP contribution in [0.15, 0.2) is 24.3 Å².